The maximum absolute atomic E-state index is 9.39. The third-order valence-corrected chi connectivity index (χ3v) is 7.28. The van der Waals surface area contributed by atoms with Gasteiger partial charge in [0.1, 0.15) is 0 Å². The molecular formula is C34H30N2O3. The molecule has 0 aliphatic heterocycles. The molecule has 2 aromatic heterocycles. The van der Waals surface area contributed by atoms with Crippen molar-refractivity contribution < 1.29 is 15.3 Å². The van der Waals surface area contributed by atoms with E-state index >= 15 is 0 Å². The van der Waals surface area contributed by atoms with E-state index < -0.39 is 0 Å². The molecule has 7 rings (SSSR count). The second-order valence-electron chi connectivity index (χ2n) is 9.60. The van der Waals surface area contributed by atoms with E-state index in [2.05, 4.69) is 81.9 Å². The van der Waals surface area contributed by atoms with Crippen molar-refractivity contribution in [3.8, 4) is 5.69 Å². The van der Waals surface area contributed by atoms with E-state index in [0.717, 1.165) is 38.6 Å². The molecule has 0 unspecified atom stereocenters. The maximum atomic E-state index is 9.39. The van der Waals surface area contributed by atoms with Gasteiger partial charge in [-0.05, 0) is 59.7 Å². The van der Waals surface area contributed by atoms with Gasteiger partial charge in [-0.3, -0.25) is 0 Å². The quantitative estimate of drug-likeness (QED) is 0.244. The molecule has 0 bridgehead atoms. The molecule has 5 aromatic carbocycles. The van der Waals surface area contributed by atoms with Crippen LogP contribution < -0.4 is 0 Å². The first-order valence-corrected chi connectivity index (χ1v) is 13.1. The Morgan fingerprint density at radius 2 is 0.949 bits per heavy atom. The van der Waals surface area contributed by atoms with Crippen LogP contribution in [0.5, 0.6) is 0 Å². The zero-order valence-electron chi connectivity index (χ0n) is 21.5. The predicted molar refractivity (Wildman–Crippen MR) is 159 cm³/mol. The zero-order valence-corrected chi connectivity index (χ0v) is 21.5. The molecule has 0 spiro atoms. The molecule has 5 nitrogen and oxygen atoms in total. The maximum Gasteiger partial charge on any atom is 0.0682 e. The van der Waals surface area contributed by atoms with Gasteiger partial charge < -0.3 is 24.5 Å². The number of hydrogen-bond acceptors (Lipinski definition) is 3. The number of benzene rings is 5. The van der Waals surface area contributed by atoms with Crippen molar-refractivity contribution in [2.24, 2.45) is 0 Å². The number of aliphatic hydroxyl groups is 3. The fourth-order valence-corrected chi connectivity index (χ4v) is 5.51. The van der Waals surface area contributed by atoms with Crippen molar-refractivity contribution >= 4 is 43.6 Å². The number of rotatable bonds is 5. The molecule has 0 fully saturated rings. The van der Waals surface area contributed by atoms with Gasteiger partial charge in [0.25, 0.3) is 0 Å². The molecule has 0 radical (unpaired) electrons. The fraction of sp³-hybridized carbons (Fsp3) is 0.118. The van der Waals surface area contributed by atoms with Crippen LogP contribution in [0.1, 0.15) is 11.1 Å². The largest absolute Gasteiger partial charge is 0.395 e. The summed E-state index contributed by atoms with van der Waals surface area (Å²) >= 11 is 0. The van der Waals surface area contributed by atoms with Crippen LogP contribution in [0.3, 0.4) is 0 Å². The Morgan fingerprint density at radius 3 is 1.59 bits per heavy atom. The number of aromatic nitrogens is 2. The smallest absolute Gasteiger partial charge is 0.0682 e. The van der Waals surface area contributed by atoms with Gasteiger partial charge in [0.2, 0.25) is 0 Å². The summed E-state index contributed by atoms with van der Waals surface area (Å²) in [6, 6.07) is 39.0. The number of hydrogen-bond donors (Lipinski definition) is 3. The zero-order chi connectivity index (χ0) is 26.8. The first-order valence-electron chi connectivity index (χ1n) is 13.1. The summed E-state index contributed by atoms with van der Waals surface area (Å²) < 4.78 is 4.39. The van der Waals surface area contributed by atoms with Crippen LogP contribution in [0, 0.1) is 0 Å². The van der Waals surface area contributed by atoms with E-state index in [1.54, 1.807) is 0 Å². The summed E-state index contributed by atoms with van der Waals surface area (Å²) in [4.78, 5) is 0. The molecule has 0 saturated heterocycles. The highest BCUT2D eigenvalue weighted by Crippen LogP contribution is 2.32. The van der Waals surface area contributed by atoms with E-state index in [-0.39, 0.29) is 19.8 Å². The van der Waals surface area contributed by atoms with Crippen LogP contribution in [-0.4, -0.2) is 31.1 Å². The Morgan fingerprint density at radius 1 is 0.462 bits per heavy atom. The van der Waals surface area contributed by atoms with Gasteiger partial charge in [0, 0.05) is 44.8 Å². The SMILES string of the molecule is OCCn1c2ccccc2c2cc(CO)ccc21.OCc1ccc2c(c1)c1ccccc1n2-c1ccccc1. The molecule has 194 valence electrons. The average Bonchev–Trinajstić information content (AvgIpc) is 3.50. The van der Waals surface area contributed by atoms with Gasteiger partial charge in [-0.1, -0.05) is 66.7 Å². The highest BCUT2D eigenvalue weighted by atomic mass is 16.3. The summed E-state index contributed by atoms with van der Waals surface area (Å²) in [6.45, 7) is 0.828. The summed E-state index contributed by atoms with van der Waals surface area (Å²) in [5, 5.41) is 32.5. The third kappa shape index (κ3) is 4.47. The van der Waals surface area contributed by atoms with E-state index in [4.69, 9.17) is 0 Å². The minimum absolute atomic E-state index is 0.0510. The summed E-state index contributed by atoms with van der Waals surface area (Å²) in [6.07, 6.45) is 0. The fourth-order valence-electron chi connectivity index (χ4n) is 5.51. The predicted octanol–water partition coefficient (Wildman–Crippen LogP) is 6.56. The van der Waals surface area contributed by atoms with E-state index in [0.29, 0.717) is 6.54 Å². The van der Waals surface area contributed by atoms with E-state index in [1.807, 2.05) is 42.5 Å². The summed E-state index contributed by atoms with van der Waals surface area (Å²) in [7, 11) is 0. The number of fused-ring (bicyclic) bond motifs is 6. The first kappa shape index (κ1) is 24.9. The lowest BCUT2D eigenvalue weighted by atomic mass is 10.1. The van der Waals surface area contributed by atoms with Crippen molar-refractivity contribution in [1.29, 1.82) is 0 Å². The van der Waals surface area contributed by atoms with Crippen LogP contribution in [0.25, 0.3) is 49.3 Å². The minimum Gasteiger partial charge on any atom is -0.395 e. The second-order valence-corrected chi connectivity index (χ2v) is 9.60. The van der Waals surface area contributed by atoms with Gasteiger partial charge in [-0.15, -0.1) is 0 Å². The third-order valence-electron chi connectivity index (χ3n) is 7.28. The Labute approximate surface area is 226 Å². The van der Waals surface area contributed by atoms with E-state index in [9.17, 15) is 15.3 Å². The topological polar surface area (TPSA) is 70.6 Å². The van der Waals surface area contributed by atoms with Gasteiger partial charge in [0.15, 0.2) is 0 Å². The standard InChI is InChI=1S/C19H15NO.C15H15NO2/c21-13-14-10-11-19-17(12-14)16-8-4-5-9-18(16)20(19)15-6-2-1-3-7-15;17-8-7-16-14-4-2-1-3-12(14)13-9-11(10-18)5-6-15(13)16/h1-12,21H,13H2;1-6,9,17-18H,7-8,10H2. The lowest BCUT2D eigenvalue weighted by Gasteiger charge is -2.07. The van der Waals surface area contributed by atoms with Crippen molar-refractivity contribution in [1.82, 2.24) is 9.13 Å². The van der Waals surface area contributed by atoms with Crippen LogP contribution >= 0.6 is 0 Å². The van der Waals surface area contributed by atoms with Gasteiger partial charge in [-0.25, -0.2) is 0 Å². The molecule has 0 saturated carbocycles. The molecule has 0 aliphatic rings. The molecule has 0 amide bonds. The van der Waals surface area contributed by atoms with Crippen molar-refractivity contribution in [3.05, 3.63) is 126 Å². The van der Waals surface area contributed by atoms with Crippen molar-refractivity contribution in [2.45, 2.75) is 19.8 Å². The summed E-state index contributed by atoms with van der Waals surface area (Å²) in [5.74, 6) is 0. The molecular weight excluding hydrogens is 484 g/mol. The van der Waals surface area contributed by atoms with Gasteiger partial charge >= 0.3 is 0 Å². The highest BCUT2D eigenvalue weighted by molar-refractivity contribution is 6.09. The van der Waals surface area contributed by atoms with Crippen LogP contribution in [0.4, 0.5) is 0 Å². The normalized spacial score (nSPS) is 11.4. The van der Waals surface area contributed by atoms with Gasteiger partial charge in [0.05, 0.1) is 30.9 Å². The Kier molecular flexibility index (Phi) is 6.86. The molecule has 7 aromatic rings. The summed E-state index contributed by atoms with van der Waals surface area (Å²) in [5.41, 5.74) is 7.58. The lowest BCUT2D eigenvalue weighted by Crippen LogP contribution is -2.01. The average molecular weight is 515 g/mol. The molecule has 2 heterocycles. The Hall–Kier alpha value is -4.42. The lowest BCUT2D eigenvalue weighted by molar-refractivity contribution is 0.279. The number of para-hydroxylation sites is 3. The Balaban J connectivity index is 0.000000144. The molecule has 5 heteroatoms. The molecule has 3 N–H and O–H groups in total. The monoisotopic (exact) mass is 514 g/mol. The number of nitrogens with zero attached hydrogens (tertiary/aromatic N) is 2. The second kappa shape index (κ2) is 10.8. The first-order chi connectivity index (χ1) is 19.2. The Bertz CT molecular complexity index is 1900. The minimum atomic E-state index is 0.0510. The van der Waals surface area contributed by atoms with Gasteiger partial charge in [-0.2, -0.15) is 0 Å². The van der Waals surface area contributed by atoms with Crippen LogP contribution in [0.15, 0.2) is 115 Å². The number of aliphatic hydroxyl groups excluding tert-OH is 3. The molecule has 0 atom stereocenters. The van der Waals surface area contributed by atoms with Crippen LogP contribution in [0.2, 0.25) is 0 Å². The van der Waals surface area contributed by atoms with Crippen LogP contribution in [-0.2, 0) is 19.8 Å². The van der Waals surface area contributed by atoms with Crippen molar-refractivity contribution in [2.75, 3.05) is 6.61 Å². The van der Waals surface area contributed by atoms with Crippen molar-refractivity contribution in [3.63, 3.8) is 0 Å². The highest BCUT2D eigenvalue weighted by Gasteiger charge is 2.12. The molecule has 0 aliphatic carbocycles. The molecule has 39 heavy (non-hydrogen) atoms. The van der Waals surface area contributed by atoms with E-state index in [1.165, 1.54) is 21.8 Å².